The summed E-state index contributed by atoms with van der Waals surface area (Å²) in [5, 5.41) is 7.32. The van der Waals surface area contributed by atoms with Gasteiger partial charge < -0.3 is 5.73 Å². The third kappa shape index (κ3) is 1.97. The van der Waals surface area contributed by atoms with Crippen LogP contribution in [0.15, 0.2) is 17.5 Å². The summed E-state index contributed by atoms with van der Waals surface area (Å²) in [5.41, 5.74) is 8.32. The van der Waals surface area contributed by atoms with E-state index in [1.54, 1.807) is 27.4 Å². The molecular formula is C13H14N4S2. The highest BCUT2D eigenvalue weighted by atomic mass is 32.1. The van der Waals surface area contributed by atoms with Gasteiger partial charge in [-0.25, -0.2) is 9.67 Å². The Bertz CT molecular complexity index is 722. The summed E-state index contributed by atoms with van der Waals surface area (Å²) < 4.78 is 1.81. The summed E-state index contributed by atoms with van der Waals surface area (Å²) in [6.07, 6.45) is 0. The smallest absolute Gasteiger partial charge is 0.191 e. The first-order chi connectivity index (χ1) is 9.08. The number of anilines is 1. The maximum absolute atomic E-state index is 6.11. The molecule has 0 radical (unpaired) electrons. The molecule has 19 heavy (non-hydrogen) atoms. The molecule has 0 spiro atoms. The van der Waals surface area contributed by atoms with Crippen LogP contribution in [0, 0.1) is 13.8 Å². The van der Waals surface area contributed by atoms with Gasteiger partial charge in [0, 0.05) is 11.9 Å². The van der Waals surface area contributed by atoms with Crippen molar-refractivity contribution in [2.24, 2.45) is 7.05 Å². The maximum Gasteiger partial charge on any atom is 0.191 e. The summed E-state index contributed by atoms with van der Waals surface area (Å²) in [4.78, 5) is 6.95. The molecule has 3 aromatic heterocycles. The van der Waals surface area contributed by atoms with Gasteiger partial charge in [0.25, 0.3) is 0 Å². The predicted octanol–water partition coefficient (Wildman–Crippen LogP) is 3.47. The van der Waals surface area contributed by atoms with Gasteiger partial charge in [-0.05, 0) is 30.9 Å². The number of thiophene rings is 2. The molecule has 2 N–H and O–H groups in total. The van der Waals surface area contributed by atoms with Crippen LogP contribution in [0.25, 0.3) is 22.1 Å². The Morgan fingerprint density at radius 2 is 2.11 bits per heavy atom. The second-order valence-electron chi connectivity index (χ2n) is 4.38. The third-order valence-corrected chi connectivity index (χ3v) is 5.04. The monoisotopic (exact) mass is 290 g/mol. The van der Waals surface area contributed by atoms with E-state index in [9.17, 15) is 0 Å². The molecule has 3 aromatic rings. The van der Waals surface area contributed by atoms with Crippen LogP contribution >= 0.6 is 22.7 Å². The summed E-state index contributed by atoms with van der Waals surface area (Å²) in [7, 11) is 1.91. The number of hydrogen-bond acceptors (Lipinski definition) is 5. The van der Waals surface area contributed by atoms with E-state index in [1.807, 2.05) is 24.6 Å². The van der Waals surface area contributed by atoms with Crippen molar-refractivity contribution in [1.29, 1.82) is 0 Å². The molecule has 0 unspecified atom stereocenters. The molecule has 98 valence electrons. The van der Waals surface area contributed by atoms with E-state index in [1.165, 1.54) is 10.4 Å². The van der Waals surface area contributed by atoms with E-state index in [0.29, 0.717) is 0 Å². The van der Waals surface area contributed by atoms with Crippen molar-refractivity contribution in [1.82, 2.24) is 14.8 Å². The van der Waals surface area contributed by atoms with Crippen molar-refractivity contribution >= 4 is 27.7 Å². The first kappa shape index (κ1) is 12.4. The van der Waals surface area contributed by atoms with Crippen LogP contribution in [-0.2, 0) is 7.05 Å². The molecule has 4 nitrogen and oxygen atoms in total. The fourth-order valence-corrected chi connectivity index (χ4v) is 3.63. The fourth-order valence-electron chi connectivity index (χ4n) is 2.04. The molecule has 3 rings (SSSR count). The number of nitrogen functional groups attached to an aromatic ring is 1. The van der Waals surface area contributed by atoms with Gasteiger partial charge in [0.05, 0.1) is 15.4 Å². The first-order valence-electron chi connectivity index (χ1n) is 5.88. The zero-order valence-corrected chi connectivity index (χ0v) is 12.6. The number of aromatic nitrogens is 3. The Balaban J connectivity index is 2.16. The van der Waals surface area contributed by atoms with E-state index < -0.39 is 0 Å². The Labute approximate surface area is 119 Å². The van der Waals surface area contributed by atoms with E-state index in [-0.39, 0.29) is 0 Å². The molecule has 6 heteroatoms. The van der Waals surface area contributed by atoms with Crippen LogP contribution < -0.4 is 5.73 Å². The quantitative estimate of drug-likeness (QED) is 0.786. The van der Waals surface area contributed by atoms with Gasteiger partial charge >= 0.3 is 0 Å². The number of rotatable bonds is 2. The van der Waals surface area contributed by atoms with Crippen molar-refractivity contribution in [3.63, 3.8) is 0 Å². The Morgan fingerprint density at radius 1 is 1.32 bits per heavy atom. The Kier molecular flexibility index (Phi) is 2.91. The highest BCUT2D eigenvalue weighted by Crippen LogP contribution is 2.37. The number of hydrogen-bond donors (Lipinski definition) is 1. The molecule has 0 atom stereocenters. The number of nitrogens with zero attached hydrogens (tertiary/aromatic N) is 3. The fraction of sp³-hybridized carbons (Fsp3) is 0.231. The summed E-state index contributed by atoms with van der Waals surface area (Å²) in [6.45, 7) is 4.16. The second kappa shape index (κ2) is 4.47. The molecule has 0 amide bonds. The molecule has 0 aliphatic heterocycles. The third-order valence-electron chi connectivity index (χ3n) is 3.14. The second-order valence-corrected chi connectivity index (χ2v) is 6.59. The minimum atomic E-state index is 0.759. The lowest BCUT2D eigenvalue weighted by Gasteiger charge is -2.00. The number of nitrogens with two attached hydrogens (primary N) is 1. The SMILES string of the molecule is Cc1sc(N)c(-c2nc(-c3cccs3)nn2C)c1C. The highest BCUT2D eigenvalue weighted by Gasteiger charge is 2.19. The summed E-state index contributed by atoms with van der Waals surface area (Å²) in [5.74, 6) is 1.60. The minimum absolute atomic E-state index is 0.759. The molecule has 0 aliphatic carbocycles. The van der Waals surface area contributed by atoms with Gasteiger partial charge in [-0.2, -0.15) is 0 Å². The molecule has 0 saturated carbocycles. The number of aryl methyl sites for hydroxylation is 2. The van der Waals surface area contributed by atoms with Gasteiger partial charge in [-0.1, -0.05) is 6.07 Å². The molecular weight excluding hydrogens is 276 g/mol. The van der Waals surface area contributed by atoms with Gasteiger partial charge in [0.15, 0.2) is 11.6 Å². The van der Waals surface area contributed by atoms with E-state index in [0.717, 1.165) is 27.1 Å². The lowest BCUT2D eigenvalue weighted by Crippen LogP contribution is -1.97. The van der Waals surface area contributed by atoms with Crippen LogP contribution in [0.1, 0.15) is 10.4 Å². The van der Waals surface area contributed by atoms with Crippen LogP contribution in [0.2, 0.25) is 0 Å². The maximum atomic E-state index is 6.11. The average molecular weight is 290 g/mol. The summed E-state index contributed by atoms with van der Waals surface area (Å²) in [6, 6.07) is 4.03. The Morgan fingerprint density at radius 3 is 2.68 bits per heavy atom. The van der Waals surface area contributed by atoms with E-state index in [2.05, 4.69) is 23.9 Å². The molecule has 0 bridgehead atoms. The normalized spacial score (nSPS) is 11.1. The van der Waals surface area contributed by atoms with Crippen molar-refractivity contribution in [2.45, 2.75) is 13.8 Å². The van der Waals surface area contributed by atoms with Crippen molar-refractivity contribution in [2.75, 3.05) is 5.73 Å². The molecule has 0 aliphatic rings. The van der Waals surface area contributed by atoms with Gasteiger partial charge in [-0.3, -0.25) is 0 Å². The highest BCUT2D eigenvalue weighted by molar-refractivity contribution is 7.16. The molecule has 0 saturated heterocycles. The van der Waals surface area contributed by atoms with Crippen molar-refractivity contribution in [3.05, 3.63) is 28.0 Å². The molecule has 0 fully saturated rings. The lowest BCUT2D eigenvalue weighted by molar-refractivity contribution is 0.777. The standard InChI is InChI=1S/C13H14N4S2/c1-7-8(2)19-11(14)10(7)13-15-12(16-17(13)3)9-5-4-6-18-9/h4-6H,14H2,1-3H3. The van der Waals surface area contributed by atoms with Gasteiger partial charge in [-0.15, -0.1) is 27.8 Å². The van der Waals surface area contributed by atoms with E-state index in [4.69, 9.17) is 5.73 Å². The average Bonchev–Trinajstić information content (AvgIpc) is 3.03. The minimum Gasteiger partial charge on any atom is -0.390 e. The van der Waals surface area contributed by atoms with Gasteiger partial charge in [0.1, 0.15) is 0 Å². The van der Waals surface area contributed by atoms with Crippen molar-refractivity contribution < 1.29 is 0 Å². The first-order valence-corrected chi connectivity index (χ1v) is 7.58. The van der Waals surface area contributed by atoms with Crippen LogP contribution in [-0.4, -0.2) is 14.8 Å². The van der Waals surface area contributed by atoms with Crippen LogP contribution in [0.5, 0.6) is 0 Å². The summed E-state index contributed by atoms with van der Waals surface area (Å²) >= 11 is 3.25. The van der Waals surface area contributed by atoms with Crippen LogP contribution in [0.4, 0.5) is 5.00 Å². The Hall–Kier alpha value is -1.66. The van der Waals surface area contributed by atoms with E-state index >= 15 is 0 Å². The topological polar surface area (TPSA) is 56.7 Å². The predicted molar refractivity (Wildman–Crippen MR) is 81.5 cm³/mol. The van der Waals surface area contributed by atoms with Crippen molar-refractivity contribution in [3.8, 4) is 22.1 Å². The molecule has 0 aromatic carbocycles. The zero-order chi connectivity index (χ0) is 13.6. The molecule has 3 heterocycles. The lowest BCUT2D eigenvalue weighted by atomic mass is 10.1. The van der Waals surface area contributed by atoms with Crippen LogP contribution in [0.3, 0.4) is 0 Å². The largest absolute Gasteiger partial charge is 0.390 e. The van der Waals surface area contributed by atoms with Gasteiger partial charge in [0.2, 0.25) is 0 Å². The zero-order valence-electron chi connectivity index (χ0n) is 11.0.